The van der Waals surface area contributed by atoms with Crippen LogP contribution in [0, 0.1) is 11.3 Å². The molecule has 0 spiro atoms. The summed E-state index contributed by atoms with van der Waals surface area (Å²) >= 11 is 0. The molecule has 0 saturated heterocycles. The number of para-hydroxylation sites is 2. The van der Waals surface area contributed by atoms with Crippen molar-refractivity contribution in [3.05, 3.63) is 60.2 Å². The molecule has 0 bridgehead atoms. The van der Waals surface area contributed by atoms with Crippen LogP contribution in [0.15, 0.2) is 54.6 Å². The summed E-state index contributed by atoms with van der Waals surface area (Å²) in [5.74, 6) is 0.749. The van der Waals surface area contributed by atoms with Crippen LogP contribution < -0.4 is 10.1 Å². The minimum absolute atomic E-state index is 0.643. The average molecular weight is 280 g/mol. The number of hydrogen-bond donors (Lipinski definition) is 1. The lowest BCUT2D eigenvalue weighted by Crippen LogP contribution is -2.38. The van der Waals surface area contributed by atoms with Gasteiger partial charge in [-0.15, -0.1) is 0 Å². The summed E-state index contributed by atoms with van der Waals surface area (Å²) in [4.78, 5) is 0. The molecule has 0 aliphatic heterocycles. The molecule has 21 heavy (non-hydrogen) atoms. The Morgan fingerprint density at radius 2 is 1.76 bits per heavy atom. The first-order chi connectivity index (χ1) is 10.2. The second-order valence-corrected chi connectivity index (χ2v) is 5.04. The van der Waals surface area contributed by atoms with Gasteiger partial charge in [0.25, 0.3) is 0 Å². The van der Waals surface area contributed by atoms with Gasteiger partial charge in [-0.3, -0.25) is 0 Å². The van der Waals surface area contributed by atoms with E-state index in [9.17, 15) is 5.26 Å². The molecule has 3 heteroatoms. The van der Waals surface area contributed by atoms with Crippen LogP contribution in [-0.4, -0.2) is 12.6 Å². The molecule has 0 aliphatic rings. The molecule has 2 aromatic rings. The van der Waals surface area contributed by atoms with Crippen LogP contribution >= 0.6 is 0 Å². The molecule has 1 N–H and O–H groups in total. The van der Waals surface area contributed by atoms with Gasteiger partial charge in [-0.25, -0.2) is 0 Å². The molecule has 2 aromatic carbocycles. The van der Waals surface area contributed by atoms with E-state index in [-0.39, 0.29) is 0 Å². The zero-order chi connectivity index (χ0) is 15.1. The lowest BCUT2D eigenvalue weighted by Gasteiger charge is -2.28. The van der Waals surface area contributed by atoms with Crippen molar-refractivity contribution in [3.63, 3.8) is 0 Å². The van der Waals surface area contributed by atoms with Gasteiger partial charge in [0, 0.05) is 6.42 Å². The first-order valence-electron chi connectivity index (χ1n) is 7.09. The molecule has 1 atom stereocenters. The largest absolute Gasteiger partial charge is 0.495 e. The Kier molecular flexibility index (Phi) is 4.84. The van der Waals surface area contributed by atoms with Gasteiger partial charge in [-0.2, -0.15) is 5.26 Å². The van der Waals surface area contributed by atoms with Crippen LogP contribution in [0.3, 0.4) is 0 Å². The molecule has 108 valence electrons. The fraction of sp³-hybridized carbons (Fsp3) is 0.278. The van der Waals surface area contributed by atoms with Crippen LogP contribution in [0.4, 0.5) is 5.69 Å². The highest BCUT2D eigenvalue weighted by Crippen LogP contribution is 2.29. The minimum Gasteiger partial charge on any atom is -0.495 e. The van der Waals surface area contributed by atoms with Crippen molar-refractivity contribution < 1.29 is 4.74 Å². The second kappa shape index (κ2) is 6.81. The fourth-order valence-corrected chi connectivity index (χ4v) is 2.35. The van der Waals surface area contributed by atoms with E-state index >= 15 is 0 Å². The molecule has 0 aliphatic carbocycles. The normalized spacial score (nSPS) is 13.0. The van der Waals surface area contributed by atoms with Crippen molar-refractivity contribution in [3.8, 4) is 11.8 Å². The Morgan fingerprint density at radius 1 is 1.10 bits per heavy atom. The minimum atomic E-state index is -0.643. The Balaban J connectivity index is 2.28. The summed E-state index contributed by atoms with van der Waals surface area (Å²) in [5, 5.41) is 13.1. The van der Waals surface area contributed by atoms with E-state index in [4.69, 9.17) is 4.74 Å². The fourth-order valence-electron chi connectivity index (χ4n) is 2.35. The van der Waals surface area contributed by atoms with E-state index in [1.165, 1.54) is 0 Å². The SMILES string of the molecule is CCC(C#N)(Cc1ccccc1)Nc1ccccc1OC. The number of anilines is 1. The topological polar surface area (TPSA) is 45.0 Å². The zero-order valence-corrected chi connectivity index (χ0v) is 12.5. The standard InChI is InChI=1S/C18H20N2O/c1-3-18(14-19,13-15-9-5-4-6-10-15)20-16-11-7-8-12-17(16)21-2/h4-12,20H,3,13H2,1-2H3. The summed E-state index contributed by atoms with van der Waals surface area (Å²) in [7, 11) is 1.64. The van der Waals surface area contributed by atoms with Crippen molar-refractivity contribution in [2.75, 3.05) is 12.4 Å². The maximum Gasteiger partial charge on any atom is 0.141 e. The molecule has 3 nitrogen and oxygen atoms in total. The van der Waals surface area contributed by atoms with Crippen LogP contribution in [0.25, 0.3) is 0 Å². The molecule has 0 amide bonds. The summed E-state index contributed by atoms with van der Waals surface area (Å²) < 4.78 is 5.36. The number of ether oxygens (including phenoxy) is 1. The number of rotatable bonds is 6. The number of hydrogen-bond acceptors (Lipinski definition) is 3. The first-order valence-corrected chi connectivity index (χ1v) is 7.09. The number of nitrogens with zero attached hydrogens (tertiary/aromatic N) is 1. The quantitative estimate of drug-likeness (QED) is 0.869. The van der Waals surface area contributed by atoms with E-state index in [1.54, 1.807) is 7.11 Å². The van der Waals surface area contributed by atoms with Crippen LogP contribution in [0.1, 0.15) is 18.9 Å². The van der Waals surface area contributed by atoms with Gasteiger partial charge < -0.3 is 10.1 Å². The lowest BCUT2D eigenvalue weighted by atomic mass is 9.89. The molecule has 2 rings (SSSR count). The lowest BCUT2D eigenvalue weighted by molar-refractivity contribution is 0.414. The third-order valence-electron chi connectivity index (χ3n) is 3.65. The number of methoxy groups -OCH3 is 1. The average Bonchev–Trinajstić information content (AvgIpc) is 2.55. The number of nitrogens with one attached hydrogen (secondary N) is 1. The summed E-state index contributed by atoms with van der Waals surface area (Å²) in [6.45, 7) is 2.02. The van der Waals surface area contributed by atoms with Gasteiger partial charge in [0.05, 0.1) is 18.9 Å². The number of nitriles is 1. The summed E-state index contributed by atoms with van der Waals surface area (Å²) in [6, 6.07) is 20.2. The zero-order valence-electron chi connectivity index (χ0n) is 12.5. The van der Waals surface area contributed by atoms with E-state index in [1.807, 2.05) is 61.5 Å². The van der Waals surface area contributed by atoms with Crippen molar-refractivity contribution in [2.45, 2.75) is 25.3 Å². The molecule has 1 unspecified atom stereocenters. The van der Waals surface area contributed by atoms with Crippen molar-refractivity contribution in [1.82, 2.24) is 0 Å². The Bertz CT molecular complexity index is 619. The highest BCUT2D eigenvalue weighted by molar-refractivity contribution is 5.59. The van der Waals surface area contributed by atoms with Crippen LogP contribution in [0.2, 0.25) is 0 Å². The maximum absolute atomic E-state index is 9.71. The smallest absolute Gasteiger partial charge is 0.141 e. The molecular weight excluding hydrogens is 260 g/mol. The van der Waals surface area contributed by atoms with Gasteiger partial charge in [-0.05, 0) is 24.1 Å². The van der Waals surface area contributed by atoms with Gasteiger partial charge in [-0.1, -0.05) is 49.4 Å². The Labute approximate surface area is 126 Å². The second-order valence-electron chi connectivity index (χ2n) is 5.04. The number of benzene rings is 2. The van der Waals surface area contributed by atoms with Gasteiger partial charge in [0.2, 0.25) is 0 Å². The summed E-state index contributed by atoms with van der Waals surface area (Å²) in [5.41, 5.74) is 1.35. The van der Waals surface area contributed by atoms with Crippen LogP contribution in [0.5, 0.6) is 5.75 Å². The van der Waals surface area contributed by atoms with E-state index in [0.29, 0.717) is 12.8 Å². The van der Waals surface area contributed by atoms with Crippen molar-refractivity contribution in [2.24, 2.45) is 0 Å². The van der Waals surface area contributed by atoms with E-state index in [2.05, 4.69) is 11.4 Å². The molecule has 0 fully saturated rings. The molecular formula is C18H20N2O. The third-order valence-corrected chi connectivity index (χ3v) is 3.65. The molecule has 0 heterocycles. The predicted molar refractivity (Wildman–Crippen MR) is 85.4 cm³/mol. The monoisotopic (exact) mass is 280 g/mol. The van der Waals surface area contributed by atoms with Gasteiger partial charge >= 0.3 is 0 Å². The molecule has 0 radical (unpaired) electrons. The Morgan fingerprint density at radius 3 is 2.38 bits per heavy atom. The maximum atomic E-state index is 9.71. The molecule has 0 aromatic heterocycles. The highest BCUT2D eigenvalue weighted by atomic mass is 16.5. The van der Waals surface area contributed by atoms with Crippen molar-refractivity contribution >= 4 is 5.69 Å². The van der Waals surface area contributed by atoms with Gasteiger partial charge in [0.1, 0.15) is 11.3 Å². The molecule has 0 saturated carbocycles. The highest BCUT2D eigenvalue weighted by Gasteiger charge is 2.29. The van der Waals surface area contributed by atoms with E-state index in [0.717, 1.165) is 17.0 Å². The Hall–Kier alpha value is -2.47. The van der Waals surface area contributed by atoms with E-state index < -0.39 is 5.54 Å². The van der Waals surface area contributed by atoms with Gasteiger partial charge in [0.15, 0.2) is 0 Å². The first kappa shape index (κ1) is 14.9. The third kappa shape index (κ3) is 3.55. The van der Waals surface area contributed by atoms with Crippen LogP contribution in [-0.2, 0) is 6.42 Å². The predicted octanol–water partition coefficient (Wildman–Crippen LogP) is 4.02. The summed E-state index contributed by atoms with van der Waals surface area (Å²) in [6.07, 6.45) is 1.36. The van der Waals surface area contributed by atoms with Crippen molar-refractivity contribution in [1.29, 1.82) is 5.26 Å².